The number of para-hydroxylation sites is 1. The lowest BCUT2D eigenvalue weighted by Gasteiger charge is -2.40. The Labute approximate surface area is 267 Å². The third kappa shape index (κ3) is 6.10. The number of aliphatic hydroxyl groups is 1. The second-order valence-electron chi connectivity index (χ2n) is 13.5. The van der Waals surface area contributed by atoms with E-state index in [2.05, 4.69) is 18.1 Å². The zero-order valence-corrected chi connectivity index (χ0v) is 27.1. The summed E-state index contributed by atoms with van der Waals surface area (Å²) in [7, 11) is 0. The molecule has 45 heavy (non-hydrogen) atoms. The highest BCUT2D eigenvalue weighted by Gasteiger charge is 2.79. The first kappa shape index (κ1) is 33.3. The first-order valence-electron chi connectivity index (χ1n) is 16.4. The molecule has 5 rings (SSSR count). The molecule has 1 N–H and O–H groups in total. The van der Waals surface area contributed by atoms with Crippen molar-refractivity contribution in [3.8, 4) is 0 Å². The van der Waals surface area contributed by atoms with E-state index in [1.165, 1.54) is 0 Å². The Morgan fingerprint density at radius 3 is 2.40 bits per heavy atom. The molecule has 1 aromatic rings. The fourth-order valence-corrected chi connectivity index (χ4v) is 8.17. The van der Waals surface area contributed by atoms with Gasteiger partial charge >= 0.3 is 0 Å². The molecule has 10 nitrogen and oxygen atoms in total. The van der Waals surface area contributed by atoms with Crippen LogP contribution in [-0.2, 0) is 23.9 Å². The molecule has 4 heterocycles. The van der Waals surface area contributed by atoms with Gasteiger partial charge in [0.05, 0.1) is 43.3 Å². The summed E-state index contributed by atoms with van der Waals surface area (Å²) in [6.45, 7) is 18.1. The van der Waals surface area contributed by atoms with Crippen LogP contribution in [-0.4, -0.2) is 120 Å². The molecule has 2 unspecified atom stereocenters. The first-order chi connectivity index (χ1) is 21.6. The van der Waals surface area contributed by atoms with Crippen molar-refractivity contribution < 1.29 is 29.0 Å². The summed E-state index contributed by atoms with van der Waals surface area (Å²) >= 11 is 0. The number of ether oxygens (including phenoxy) is 2. The van der Waals surface area contributed by atoms with Crippen LogP contribution in [0, 0.1) is 17.8 Å². The van der Waals surface area contributed by atoms with E-state index in [4.69, 9.17) is 9.47 Å². The average Bonchev–Trinajstić information content (AvgIpc) is 3.61. The summed E-state index contributed by atoms with van der Waals surface area (Å²) < 4.78 is 12.4. The van der Waals surface area contributed by atoms with Crippen LogP contribution in [0.3, 0.4) is 0 Å². The van der Waals surface area contributed by atoms with Crippen molar-refractivity contribution in [2.75, 3.05) is 64.0 Å². The lowest BCUT2D eigenvalue weighted by molar-refractivity contribution is -0.155. The second kappa shape index (κ2) is 13.7. The molecule has 0 saturated carbocycles. The molecule has 4 fully saturated rings. The van der Waals surface area contributed by atoms with E-state index in [0.29, 0.717) is 57.8 Å². The van der Waals surface area contributed by atoms with Gasteiger partial charge in [-0.3, -0.25) is 19.3 Å². The van der Waals surface area contributed by atoms with Crippen molar-refractivity contribution in [1.29, 1.82) is 0 Å². The van der Waals surface area contributed by atoms with Crippen molar-refractivity contribution in [3.05, 3.63) is 55.6 Å². The number of carbonyl (C=O) groups excluding carboxylic acids is 3. The largest absolute Gasteiger partial charge is 0.394 e. The summed E-state index contributed by atoms with van der Waals surface area (Å²) in [5.41, 5.74) is -1.38. The standard InChI is InChI=1S/C35H50N4O6/c1-6-15-37(18-17-36-19-21-44-22-20-36)33(43)30-35-14-13-34(5,45-35)28(29(35)32(42)39(30)27(24-40)23-25(3)4)31(41)38(16-7-2)26-11-9-8-10-12-26/h6-12,25,27-30,40H,1-2,13-24H2,3-5H3/t27-,28+,29+,30?,34-,35?/m1/s1. The molecule has 4 aliphatic rings. The van der Waals surface area contributed by atoms with Crippen LogP contribution in [0.25, 0.3) is 0 Å². The number of aliphatic hydroxyl groups excluding tert-OH is 1. The third-order valence-electron chi connectivity index (χ3n) is 10.2. The number of morpholine rings is 1. The third-order valence-corrected chi connectivity index (χ3v) is 10.2. The van der Waals surface area contributed by atoms with Gasteiger partial charge in [-0.25, -0.2) is 0 Å². The van der Waals surface area contributed by atoms with Gasteiger partial charge in [-0.15, -0.1) is 13.2 Å². The Bertz CT molecular complexity index is 1250. The van der Waals surface area contributed by atoms with Crippen LogP contribution >= 0.6 is 0 Å². The molecule has 2 bridgehead atoms. The number of hydrogen-bond acceptors (Lipinski definition) is 7. The Morgan fingerprint density at radius 1 is 1.09 bits per heavy atom. The van der Waals surface area contributed by atoms with Crippen molar-refractivity contribution in [1.82, 2.24) is 14.7 Å². The zero-order chi connectivity index (χ0) is 32.4. The van der Waals surface area contributed by atoms with Crippen LogP contribution < -0.4 is 4.90 Å². The fraction of sp³-hybridized carbons (Fsp3) is 0.629. The molecule has 246 valence electrons. The van der Waals surface area contributed by atoms with Crippen molar-refractivity contribution in [3.63, 3.8) is 0 Å². The topological polar surface area (TPSA) is 103 Å². The Kier molecular flexibility index (Phi) is 10.2. The SMILES string of the molecule is C=CCN(CCN1CCOCC1)C(=O)C1N([C@@H](CO)CC(C)C)C(=O)[C@@H]2[C@@H](C(=O)N(CC=C)c3ccccc3)[C@@]3(C)CCC12O3. The molecular formula is C35H50N4O6. The van der Waals surface area contributed by atoms with Crippen LogP contribution in [0.1, 0.15) is 40.0 Å². The summed E-state index contributed by atoms with van der Waals surface area (Å²) in [6, 6.07) is 7.84. The quantitative estimate of drug-likeness (QED) is 0.319. The van der Waals surface area contributed by atoms with Gasteiger partial charge in [-0.1, -0.05) is 44.2 Å². The molecule has 0 aliphatic carbocycles. The highest BCUT2D eigenvalue weighted by molar-refractivity contribution is 6.03. The molecule has 0 aromatic heterocycles. The van der Waals surface area contributed by atoms with Gasteiger partial charge in [0.15, 0.2) is 0 Å². The number of amides is 3. The van der Waals surface area contributed by atoms with E-state index >= 15 is 0 Å². The summed E-state index contributed by atoms with van der Waals surface area (Å²) in [6.07, 6.45) is 4.93. The van der Waals surface area contributed by atoms with Crippen molar-refractivity contribution in [2.45, 2.75) is 63.3 Å². The predicted molar refractivity (Wildman–Crippen MR) is 172 cm³/mol. The number of hydrogen-bond donors (Lipinski definition) is 1. The second-order valence-corrected chi connectivity index (χ2v) is 13.5. The van der Waals surface area contributed by atoms with Crippen LogP contribution in [0.15, 0.2) is 55.6 Å². The van der Waals surface area contributed by atoms with Gasteiger partial charge in [0, 0.05) is 45.0 Å². The highest BCUT2D eigenvalue weighted by Crippen LogP contribution is 2.64. The molecule has 10 heteroatoms. The zero-order valence-electron chi connectivity index (χ0n) is 27.1. The molecule has 1 spiro atoms. The Balaban J connectivity index is 1.54. The number of carbonyl (C=O) groups is 3. The minimum absolute atomic E-state index is 0.169. The van der Waals surface area contributed by atoms with Gasteiger partial charge < -0.3 is 29.3 Å². The maximum atomic E-state index is 14.8. The smallest absolute Gasteiger partial charge is 0.248 e. The van der Waals surface area contributed by atoms with E-state index in [1.807, 2.05) is 51.1 Å². The minimum atomic E-state index is -1.18. The van der Waals surface area contributed by atoms with E-state index in [9.17, 15) is 19.5 Å². The van der Waals surface area contributed by atoms with Gasteiger partial charge in [0.25, 0.3) is 0 Å². The molecular weight excluding hydrogens is 572 g/mol. The number of nitrogens with zero attached hydrogens (tertiary/aromatic N) is 4. The van der Waals surface area contributed by atoms with Gasteiger partial charge in [-0.2, -0.15) is 0 Å². The molecule has 0 radical (unpaired) electrons. The average molecular weight is 623 g/mol. The monoisotopic (exact) mass is 622 g/mol. The van der Waals surface area contributed by atoms with Crippen LogP contribution in [0.2, 0.25) is 0 Å². The first-order valence-corrected chi connectivity index (χ1v) is 16.4. The number of rotatable bonds is 14. The van der Waals surface area contributed by atoms with E-state index < -0.39 is 35.1 Å². The molecule has 4 saturated heterocycles. The lowest BCUT2D eigenvalue weighted by atomic mass is 9.66. The van der Waals surface area contributed by atoms with Gasteiger partial charge in [-0.05, 0) is 44.2 Å². The number of anilines is 1. The molecule has 3 amide bonds. The van der Waals surface area contributed by atoms with Crippen LogP contribution in [0.5, 0.6) is 0 Å². The summed E-state index contributed by atoms with van der Waals surface area (Å²) in [5.74, 6) is -2.19. The van der Waals surface area contributed by atoms with Crippen molar-refractivity contribution >= 4 is 23.4 Å². The minimum Gasteiger partial charge on any atom is -0.394 e. The van der Waals surface area contributed by atoms with Gasteiger partial charge in [0.1, 0.15) is 11.6 Å². The molecule has 6 atom stereocenters. The lowest BCUT2D eigenvalue weighted by Crippen LogP contribution is -2.59. The van der Waals surface area contributed by atoms with E-state index in [1.54, 1.807) is 26.9 Å². The maximum absolute atomic E-state index is 14.8. The fourth-order valence-electron chi connectivity index (χ4n) is 8.17. The summed E-state index contributed by atoms with van der Waals surface area (Å²) in [4.78, 5) is 51.4. The van der Waals surface area contributed by atoms with E-state index in [0.717, 1.165) is 13.1 Å². The van der Waals surface area contributed by atoms with Crippen LogP contribution in [0.4, 0.5) is 5.69 Å². The maximum Gasteiger partial charge on any atom is 0.248 e. The van der Waals surface area contributed by atoms with Crippen molar-refractivity contribution in [2.24, 2.45) is 17.8 Å². The molecule has 1 aromatic carbocycles. The Hall–Kier alpha value is -3.05. The Morgan fingerprint density at radius 2 is 1.78 bits per heavy atom. The van der Waals surface area contributed by atoms with E-state index in [-0.39, 0.29) is 36.8 Å². The number of fused-ring (bicyclic) bond motifs is 1. The predicted octanol–water partition coefficient (Wildman–Crippen LogP) is 2.72. The number of likely N-dealkylation sites (tertiary alicyclic amines) is 1. The normalized spacial score (nSPS) is 29.9. The summed E-state index contributed by atoms with van der Waals surface area (Å²) in [5, 5.41) is 10.7. The van der Waals surface area contributed by atoms with Gasteiger partial charge in [0.2, 0.25) is 17.7 Å². The molecule has 4 aliphatic heterocycles. The highest BCUT2D eigenvalue weighted by atomic mass is 16.5. The number of benzene rings is 1.